The Bertz CT molecular complexity index is 404. The number of benzene rings is 1. The molecule has 0 amide bonds. The van der Waals surface area contributed by atoms with E-state index in [4.69, 9.17) is 11.6 Å². The third kappa shape index (κ3) is 3.03. The quantitative estimate of drug-likeness (QED) is 0.881. The predicted octanol–water partition coefficient (Wildman–Crippen LogP) is 2.59. The minimum absolute atomic E-state index is 0.0395. The van der Waals surface area contributed by atoms with Gasteiger partial charge in [0.1, 0.15) is 5.82 Å². The van der Waals surface area contributed by atoms with E-state index in [1.807, 2.05) is 0 Å². The van der Waals surface area contributed by atoms with E-state index in [-0.39, 0.29) is 17.2 Å². The molecule has 0 atom stereocenters. The van der Waals surface area contributed by atoms with Crippen LogP contribution in [0.1, 0.15) is 19.4 Å². The lowest BCUT2D eigenvalue weighted by Crippen LogP contribution is -2.45. The Morgan fingerprint density at radius 2 is 2.12 bits per heavy atom. The van der Waals surface area contributed by atoms with Crippen molar-refractivity contribution in [1.29, 1.82) is 0 Å². The number of nitrogens with one attached hydrogen (secondary N) is 1. The van der Waals surface area contributed by atoms with Gasteiger partial charge in [-0.25, -0.2) is 4.39 Å². The monoisotopic (exact) mass is 243 g/mol. The van der Waals surface area contributed by atoms with Gasteiger partial charge in [-0.05, 0) is 38.6 Å². The number of ketones is 1. The summed E-state index contributed by atoms with van der Waals surface area (Å²) in [4.78, 5) is 11.9. The second kappa shape index (κ2) is 4.93. The summed E-state index contributed by atoms with van der Waals surface area (Å²) in [5, 5.41) is 2.98. The van der Waals surface area contributed by atoms with E-state index >= 15 is 0 Å². The minimum Gasteiger partial charge on any atom is -0.308 e. The number of Topliss-reactive ketones (excluding diaryl/α,β-unsaturated/α-hetero) is 1. The fraction of sp³-hybridized carbons (Fsp3) is 0.417. The molecule has 0 fully saturated rings. The van der Waals surface area contributed by atoms with Gasteiger partial charge >= 0.3 is 0 Å². The van der Waals surface area contributed by atoms with Crippen LogP contribution >= 0.6 is 11.6 Å². The zero-order valence-electron chi connectivity index (χ0n) is 9.60. The molecule has 0 aliphatic rings. The van der Waals surface area contributed by atoms with Gasteiger partial charge in [0.05, 0.1) is 10.6 Å². The van der Waals surface area contributed by atoms with E-state index in [1.54, 1.807) is 27.0 Å². The van der Waals surface area contributed by atoms with Gasteiger partial charge in [-0.2, -0.15) is 0 Å². The molecule has 0 saturated carbocycles. The molecule has 0 aliphatic heterocycles. The number of rotatable bonds is 4. The molecule has 16 heavy (non-hydrogen) atoms. The smallest absolute Gasteiger partial charge is 0.156 e. The molecule has 88 valence electrons. The molecule has 0 aliphatic carbocycles. The van der Waals surface area contributed by atoms with Crippen molar-refractivity contribution >= 4 is 17.4 Å². The molecular weight excluding hydrogens is 229 g/mol. The summed E-state index contributed by atoms with van der Waals surface area (Å²) in [7, 11) is 1.73. The van der Waals surface area contributed by atoms with Crippen molar-refractivity contribution in [3.8, 4) is 0 Å². The Balaban J connectivity index is 2.82. The molecule has 0 unspecified atom stereocenters. The molecule has 0 bridgehead atoms. The molecule has 0 radical (unpaired) electrons. The molecule has 0 heterocycles. The van der Waals surface area contributed by atoms with Crippen molar-refractivity contribution in [2.75, 3.05) is 7.05 Å². The number of carbonyl (C=O) groups is 1. The van der Waals surface area contributed by atoms with E-state index in [1.165, 1.54) is 12.1 Å². The van der Waals surface area contributed by atoms with Crippen molar-refractivity contribution < 1.29 is 9.18 Å². The highest BCUT2D eigenvalue weighted by molar-refractivity contribution is 6.30. The van der Waals surface area contributed by atoms with E-state index in [0.717, 1.165) is 5.56 Å². The average Bonchev–Trinajstić information content (AvgIpc) is 2.23. The maximum Gasteiger partial charge on any atom is 0.156 e. The van der Waals surface area contributed by atoms with Gasteiger partial charge in [0.15, 0.2) is 5.78 Å². The number of hydrogen-bond donors (Lipinski definition) is 1. The first-order valence-corrected chi connectivity index (χ1v) is 5.41. The SMILES string of the molecule is CNC(C)(C)C(=O)Cc1ccc(F)c(Cl)c1. The van der Waals surface area contributed by atoms with E-state index in [2.05, 4.69) is 5.32 Å². The van der Waals surface area contributed by atoms with Crippen molar-refractivity contribution in [2.24, 2.45) is 0 Å². The van der Waals surface area contributed by atoms with Gasteiger partial charge in [0.2, 0.25) is 0 Å². The number of hydrogen-bond acceptors (Lipinski definition) is 2. The normalized spacial score (nSPS) is 11.6. The third-order valence-corrected chi connectivity index (χ3v) is 2.96. The third-order valence-electron chi connectivity index (χ3n) is 2.67. The van der Waals surface area contributed by atoms with Gasteiger partial charge in [-0.1, -0.05) is 17.7 Å². The fourth-order valence-corrected chi connectivity index (χ4v) is 1.40. The lowest BCUT2D eigenvalue weighted by molar-refractivity contribution is -0.123. The first-order valence-electron chi connectivity index (χ1n) is 5.03. The summed E-state index contributed by atoms with van der Waals surface area (Å²) in [6.07, 6.45) is 0.244. The van der Waals surface area contributed by atoms with Crippen LogP contribution in [0.5, 0.6) is 0 Å². The lowest BCUT2D eigenvalue weighted by Gasteiger charge is -2.22. The summed E-state index contributed by atoms with van der Waals surface area (Å²) in [5.41, 5.74) is 0.139. The largest absolute Gasteiger partial charge is 0.308 e. The molecule has 2 nitrogen and oxygen atoms in total. The second-order valence-electron chi connectivity index (χ2n) is 4.22. The van der Waals surface area contributed by atoms with Gasteiger partial charge in [0.25, 0.3) is 0 Å². The standard InChI is InChI=1S/C12H15ClFNO/c1-12(2,15-3)11(16)7-8-4-5-10(14)9(13)6-8/h4-6,15H,7H2,1-3H3. The van der Waals surface area contributed by atoms with Crippen LogP contribution in [0.25, 0.3) is 0 Å². The predicted molar refractivity (Wildman–Crippen MR) is 63.3 cm³/mol. The Morgan fingerprint density at radius 3 is 2.62 bits per heavy atom. The molecule has 0 aromatic heterocycles. The van der Waals surface area contributed by atoms with Crippen LogP contribution < -0.4 is 5.32 Å². The Labute approximate surface area is 99.8 Å². The second-order valence-corrected chi connectivity index (χ2v) is 4.63. The van der Waals surface area contributed by atoms with Gasteiger partial charge in [-0.3, -0.25) is 4.79 Å². The maximum absolute atomic E-state index is 12.9. The highest BCUT2D eigenvalue weighted by atomic mass is 35.5. The van der Waals surface area contributed by atoms with E-state index in [9.17, 15) is 9.18 Å². The molecule has 1 rings (SSSR count). The molecule has 1 aromatic carbocycles. The van der Waals surface area contributed by atoms with Crippen LogP contribution in [0, 0.1) is 5.82 Å². The first-order chi connectivity index (χ1) is 7.36. The van der Waals surface area contributed by atoms with Crippen molar-refractivity contribution in [2.45, 2.75) is 25.8 Å². The molecule has 1 aromatic rings. The molecule has 4 heteroatoms. The average molecular weight is 244 g/mol. The van der Waals surface area contributed by atoms with Crippen LogP contribution in [0.4, 0.5) is 4.39 Å². The topological polar surface area (TPSA) is 29.1 Å². The summed E-state index contributed by atoms with van der Waals surface area (Å²) >= 11 is 5.64. The highest BCUT2D eigenvalue weighted by Gasteiger charge is 2.24. The first kappa shape index (κ1) is 13.1. The summed E-state index contributed by atoms with van der Waals surface area (Å²) in [6.45, 7) is 3.61. The number of likely N-dealkylation sites (N-methyl/N-ethyl adjacent to an activating group) is 1. The van der Waals surface area contributed by atoms with Gasteiger partial charge in [0, 0.05) is 6.42 Å². The summed E-state index contributed by atoms with van der Waals surface area (Å²) < 4.78 is 12.9. The minimum atomic E-state index is -0.582. The Hall–Kier alpha value is -0.930. The maximum atomic E-state index is 12.9. The molecule has 0 spiro atoms. The summed E-state index contributed by atoms with van der Waals surface area (Å²) in [6, 6.07) is 4.34. The van der Waals surface area contributed by atoms with Gasteiger partial charge < -0.3 is 5.32 Å². The van der Waals surface area contributed by atoms with Crippen LogP contribution in [-0.4, -0.2) is 18.4 Å². The zero-order valence-corrected chi connectivity index (χ0v) is 10.4. The summed E-state index contributed by atoms with van der Waals surface area (Å²) in [5.74, 6) is -0.427. The Kier molecular flexibility index (Phi) is 4.05. The van der Waals surface area contributed by atoms with E-state index in [0.29, 0.717) is 0 Å². The number of carbonyl (C=O) groups excluding carboxylic acids is 1. The fourth-order valence-electron chi connectivity index (χ4n) is 1.20. The number of halogens is 2. The van der Waals surface area contributed by atoms with Gasteiger partial charge in [-0.15, -0.1) is 0 Å². The zero-order chi connectivity index (χ0) is 12.3. The van der Waals surface area contributed by atoms with Crippen LogP contribution in [0.2, 0.25) is 5.02 Å². The van der Waals surface area contributed by atoms with Crippen LogP contribution in [0.15, 0.2) is 18.2 Å². The van der Waals surface area contributed by atoms with E-state index < -0.39 is 11.4 Å². The van der Waals surface area contributed by atoms with Crippen molar-refractivity contribution in [3.05, 3.63) is 34.6 Å². The molecule has 1 N–H and O–H groups in total. The Morgan fingerprint density at radius 1 is 1.50 bits per heavy atom. The highest BCUT2D eigenvalue weighted by Crippen LogP contribution is 2.18. The molecular formula is C12H15ClFNO. The molecule has 0 saturated heterocycles. The van der Waals surface area contributed by atoms with Crippen LogP contribution in [-0.2, 0) is 11.2 Å². The van der Waals surface area contributed by atoms with Crippen molar-refractivity contribution in [1.82, 2.24) is 5.32 Å². The lowest BCUT2D eigenvalue weighted by atomic mass is 9.94. The van der Waals surface area contributed by atoms with Crippen LogP contribution in [0.3, 0.4) is 0 Å². The van der Waals surface area contributed by atoms with Crippen molar-refractivity contribution in [3.63, 3.8) is 0 Å².